The molecule has 1 amide bonds. The zero-order valence-corrected chi connectivity index (χ0v) is 24.2. The molecule has 2 aromatic heterocycles. The first-order valence-electron chi connectivity index (χ1n) is 12.6. The molecule has 3 heterocycles. The summed E-state index contributed by atoms with van der Waals surface area (Å²) in [7, 11) is -4.71. The molecule has 4 aromatic rings. The van der Waals surface area contributed by atoms with Gasteiger partial charge in [0.15, 0.2) is 5.82 Å². The monoisotopic (exact) mass is 618 g/mol. The van der Waals surface area contributed by atoms with Crippen LogP contribution in [0.5, 0.6) is 0 Å². The molecule has 0 saturated carbocycles. The number of rotatable bonds is 6. The summed E-state index contributed by atoms with van der Waals surface area (Å²) in [6.07, 6.45) is 1.49. The molecule has 5 rings (SSSR count). The van der Waals surface area contributed by atoms with Gasteiger partial charge in [-0.05, 0) is 63.6 Å². The summed E-state index contributed by atoms with van der Waals surface area (Å²) in [6, 6.07) is 6.94. The molecule has 0 aliphatic carbocycles. The molecule has 220 valence electrons. The number of thiazole rings is 1. The van der Waals surface area contributed by atoms with Crippen LogP contribution in [0, 0.1) is 17.5 Å². The number of benzene rings is 2. The Morgan fingerprint density at radius 2 is 1.90 bits per heavy atom. The fourth-order valence-electron chi connectivity index (χ4n) is 4.20. The van der Waals surface area contributed by atoms with E-state index in [1.165, 1.54) is 23.2 Å². The molecule has 0 bridgehead atoms. The molecule has 1 aliphatic heterocycles. The summed E-state index contributed by atoms with van der Waals surface area (Å²) < 4.78 is 77.1. The Labute approximate surface area is 243 Å². The van der Waals surface area contributed by atoms with E-state index in [1.54, 1.807) is 26.8 Å². The third-order valence-corrected chi connectivity index (χ3v) is 8.72. The zero-order chi connectivity index (χ0) is 30.4. The van der Waals surface area contributed by atoms with Gasteiger partial charge in [-0.3, -0.25) is 9.62 Å². The van der Waals surface area contributed by atoms with E-state index in [0.29, 0.717) is 40.7 Å². The van der Waals surface area contributed by atoms with Crippen molar-refractivity contribution in [2.75, 3.05) is 17.0 Å². The summed E-state index contributed by atoms with van der Waals surface area (Å²) in [5.41, 5.74) is 4.91. The molecule has 42 heavy (non-hydrogen) atoms. The van der Waals surface area contributed by atoms with Crippen molar-refractivity contribution in [2.45, 2.75) is 43.7 Å². The largest absolute Gasteiger partial charge is 0.444 e. The number of nitrogen functional groups attached to an aromatic ring is 1. The normalized spacial score (nSPS) is 15.3. The highest BCUT2D eigenvalue weighted by atomic mass is 32.2. The van der Waals surface area contributed by atoms with Crippen molar-refractivity contribution in [1.29, 1.82) is 0 Å². The van der Waals surface area contributed by atoms with Gasteiger partial charge in [-0.15, -0.1) is 11.3 Å². The number of ether oxygens (including phenoxy) is 1. The number of sulfonamides is 1. The third kappa shape index (κ3) is 5.87. The van der Waals surface area contributed by atoms with Gasteiger partial charge in [0.2, 0.25) is 5.95 Å². The highest BCUT2D eigenvalue weighted by Crippen LogP contribution is 2.44. The maximum absolute atomic E-state index is 16.0. The van der Waals surface area contributed by atoms with Crippen molar-refractivity contribution in [3.63, 3.8) is 0 Å². The highest BCUT2D eigenvalue weighted by Gasteiger charge is 2.39. The van der Waals surface area contributed by atoms with Crippen LogP contribution in [0.3, 0.4) is 0 Å². The Balaban J connectivity index is 1.57. The number of hydrogen-bond donors (Lipinski definition) is 2. The second kappa shape index (κ2) is 10.9. The fourth-order valence-corrected chi connectivity index (χ4v) is 6.54. The second-order valence-electron chi connectivity index (χ2n) is 10.4. The summed E-state index contributed by atoms with van der Waals surface area (Å²) in [5, 5.41) is 0.474. The van der Waals surface area contributed by atoms with Crippen molar-refractivity contribution in [3.05, 3.63) is 71.1 Å². The number of nitrogens with two attached hydrogens (primary N) is 1. The Hall–Kier alpha value is -4.24. The summed E-state index contributed by atoms with van der Waals surface area (Å²) in [6.45, 7) is 5.70. The van der Waals surface area contributed by atoms with Gasteiger partial charge in [-0.1, -0.05) is 6.07 Å². The van der Waals surface area contributed by atoms with E-state index < -0.39 is 55.8 Å². The van der Waals surface area contributed by atoms with Crippen molar-refractivity contribution >= 4 is 39.1 Å². The first kappa shape index (κ1) is 29.3. The van der Waals surface area contributed by atoms with Crippen LogP contribution in [0.25, 0.3) is 21.8 Å². The molecule has 1 atom stereocenters. The Morgan fingerprint density at radius 3 is 2.57 bits per heavy atom. The predicted octanol–water partition coefficient (Wildman–Crippen LogP) is 5.75. The molecule has 0 spiro atoms. The molecule has 3 N–H and O–H groups in total. The number of aromatic nitrogens is 3. The number of halogens is 3. The number of likely N-dealkylation sites (tertiary alicyclic amines) is 1. The summed E-state index contributed by atoms with van der Waals surface area (Å²) >= 11 is 1.16. The van der Waals surface area contributed by atoms with Crippen LogP contribution in [-0.4, -0.2) is 46.5 Å². The Kier molecular flexibility index (Phi) is 7.57. The summed E-state index contributed by atoms with van der Waals surface area (Å²) in [4.78, 5) is 26.5. The molecule has 1 aliphatic rings. The molecule has 2 aromatic carbocycles. The number of carbonyl (C=O) groups excluding carboxylic acids is 1. The quantitative estimate of drug-likeness (QED) is 0.278. The average molecular weight is 619 g/mol. The minimum absolute atomic E-state index is 0.0356. The van der Waals surface area contributed by atoms with Crippen molar-refractivity contribution in [3.8, 4) is 21.8 Å². The summed E-state index contributed by atoms with van der Waals surface area (Å²) in [5.74, 6) is -3.24. The molecular weight excluding hydrogens is 593 g/mol. The first-order valence-corrected chi connectivity index (χ1v) is 14.9. The maximum Gasteiger partial charge on any atom is 0.410 e. The SMILES string of the molecule is CC(C)(C)OC(=O)N1CCC1c1nc(-c2cccc(NS(=O)(=O)c3cc(F)ccc3F)c2F)c(-c2ccnc(N)n2)s1. The fraction of sp³-hybridized carbons (Fsp3) is 0.259. The van der Waals surface area contributed by atoms with E-state index in [1.807, 2.05) is 4.72 Å². The van der Waals surface area contributed by atoms with Gasteiger partial charge < -0.3 is 10.5 Å². The smallest absolute Gasteiger partial charge is 0.410 e. The maximum atomic E-state index is 16.0. The van der Waals surface area contributed by atoms with Crippen LogP contribution in [0.4, 0.5) is 29.6 Å². The van der Waals surface area contributed by atoms with Gasteiger partial charge in [0, 0.05) is 18.3 Å². The van der Waals surface area contributed by atoms with Crippen LogP contribution in [0.2, 0.25) is 0 Å². The van der Waals surface area contributed by atoms with Gasteiger partial charge in [0.05, 0.1) is 28.0 Å². The van der Waals surface area contributed by atoms with E-state index in [2.05, 4.69) is 15.0 Å². The minimum Gasteiger partial charge on any atom is -0.444 e. The second-order valence-corrected chi connectivity index (χ2v) is 13.0. The number of nitrogens with one attached hydrogen (secondary N) is 1. The molecule has 15 heteroatoms. The van der Waals surface area contributed by atoms with Crippen LogP contribution in [0.1, 0.15) is 38.2 Å². The molecule has 1 unspecified atom stereocenters. The lowest BCUT2D eigenvalue weighted by Gasteiger charge is -2.40. The van der Waals surface area contributed by atoms with Crippen LogP contribution < -0.4 is 10.5 Å². The molecule has 10 nitrogen and oxygen atoms in total. The molecule has 1 fully saturated rings. The number of amides is 1. The number of anilines is 2. The van der Waals surface area contributed by atoms with Gasteiger partial charge in [-0.25, -0.2) is 41.3 Å². The van der Waals surface area contributed by atoms with E-state index >= 15 is 4.39 Å². The van der Waals surface area contributed by atoms with Gasteiger partial charge >= 0.3 is 6.09 Å². The van der Waals surface area contributed by atoms with Crippen LogP contribution in [0.15, 0.2) is 53.6 Å². The van der Waals surface area contributed by atoms with Crippen LogP contribution >= 0.6 is 11.3 Å². The average Bonchev–Trinajstić information content (AvgIpc) is 3.29. The predicted molar refractivity (Wildman–Crippen MR) is 150 cm³/mol. The third-order valence-electron chi connectivity index (χ3n) is 6.16. The van der Waals surface area contributed by atoms with Crippen molar-refractivity contribution < 1.29 is 31.1 Å². The van der Waals surface area contributed by atoms with E-state index in [4.69, 9.17) is 10.5 Å². The van der Waals surface area contributed by atoms with Gasteiger partial charge in [0.25, 0.3) is 10.0 Å². The highest BCUT2D eigenvalue weighted by molar-refractivity contribution is 7.92. The van der Waals surface area contributed by atoms with Crippen molar-refractivity contribution in [1.82, 2.24) is 19.9 Å². The standard InChI is InChI=1S/C27H25F3N6O4S2/c1-27(2,3)40-26(37)36-12-10-19(36)24-34-22(23(41-24)18-9-11-32-25(31)33-18)15-5-4-6-17(21(15)30)35-42(38,39)20-13-14(28)7-8-16(20)29/h4-9,11,13,19,35H,10,12H2,1-3H3,(H2,31,32,33). The molecule has 1 saturated heterocycles. The minimum atomic E-state index is -4.71. The van der Waals surface area contributed by atoms with E-state index in [0.717, 1.165) is 23.5 Å². The number of nitrogens with zero attached hydrogens (tertiary/aromatic N) is 4. The van der Waals surface area contributed by atoms with E-state index in [-0.39, 0.29) is 17.2 Å². The Morgan fingerprint density at radius 1 is 1.14 bits per heavy atom. The molecule has 0 radical (unpaired) electrons. The Bertz CT molecular complexity index is 1790. The van der Waals surface area contributed by atoms with Crippen molar-refractivity contribution in [2.24, 2.45) is 0 Å². The van der Waals surface area contributed by atoms with Gasteiger partial charge in [0.1, 0.15) is 27.1 Å². The lowest BCUT2D eigenvalue weighted by Crippen LogP contribution is -2.47. The lowest BCUT2D eigenvalue weighted by molar-refractivity contribution is -0.00577. The van der Waals surface area contributed by atoms with Crippen LogP contribution in [-0.2, 0) is 14.8 Å². The van der Waals surface area contributed by atoms with E-state index in [9.17, 15) is 22.0 Å². The molecular formula is C27H25F3N6O4S2. The lowest BCUT2D eigenvalue weighted by atomic mass is 10.0. The zero-order valence-electron chi connectivity index (χ0n) is 22.6. The number of hydrogen-bond acceptors (Lipinski definition) is 9. The topological polar surface area (TPSA) is 140 Å². The first-order chi connectivity index (χ1) is 19.7. The number of carbonyl (C=O) groups is 1. The van der Waals surface area contributed by atoms with Gasteiger partial charge in [-0.2, -0.15) is 0 Å².